The van der Waals surface area contributed by atoms with Crippen LogP contribution in [0.4, 0.5) is 0 Å². The third-order valence-electron chi connectivity index (χ3n) is 6.00. The van der Waals surface area contributed by atoms with Crippen molar-refractivity contribution >= 4 is 11.0 Å². The zero-order chi connectivity index (χ0) is 22.5. The van der Waals surface area contributed by atoms with E-state index < -0.39 is 6.10 Å². The number of nitrogens with one attached hydrogen (secondary N) is 2. The zero-order valence-corrected chi connectivity index (χ0v) is 18.6. The number of aryl methyl sites for hydroxylation is 1. The molecule has 1 aliphatic heterocycles. The summed E-state index contributed by atoms with van der Waals surface area (Å²) in [5, 5.41) is 10.5. The van der Waals surface area contributed by atoms with Crippen LogP contribution < -0.4 is 19.9 Å². The van der Waals surface area contributed by atoms with Crippen LogP contribution in [0.2, 0.25) is 0 Å². The van der Waals surface area contributed by atoms with Gasteiger partial charge in [-0.15, -0.1) is 0 Å². The number of piperidine rings is 1. The van der Waals surface area contributed by atoms with Gasteiger partial charge in [0.05, 0.1) is 19.2 Å². The van der Waals surface area contributed by atoms with Crippen molar-refractivity contribution < 1.29 is 19.3 Å². The van der Waals surface area contributed by atoms with E-state index >= 15 is 0 Å². The molecule has 2 aromatic carbocycles. The Morgan fingerprint density at radius 1 is 1.03 bits per heavy atom. The van der Waals surface area contributed by atoms with Crippen molar-refractivity contribution in [2.24, 2.45) is 5.92 Å². The molecule has 0 spiro atoms. The molecular weight excluding hydrogens is 410 g/mol. The number of methoxy groups -OCH3 is 1. The SMILES string of the molecule is COc1ccccc1OCC1CCN(CC(O)COc2ccc(C)c3[nH]c(=O)[nH]c23)CC1. The molecule has 1 saturated heterocycles. The number of aliphatic hydroxyl groups excluding tert-OH is 1. The van der Waals surface area contributed by atoms with Crippen LogP contribution in [-0.2, 0) is 0 Å². The molecule has 1 unspecified atom stereocenters. The number of aliphatic hydroxyl groups is 1. The molecule has 0 saturated carbocycles. The number of hydrogen-bond donors (Lipinski definition) is 3. The lowest BCUT2D eigenvalue weighted by atomic mass is 9.97. The number of fused-ring (bicyclic) bond motifs is 1. The van der Waals surface area contributed by atoms with Gasteiger partial charge in [0.25, 0.3) is 0 Å². The maximum Gasteiger partial charge on any atom is 0.323 e. The molecule has 0 amide bonds. The molecule has 0 aliphatic carbocycles. The highest BCUT2D eigenvalue weighted by Gasteiger charge is 2.22. The fourth-order valence-electron chi connectivity index (χ4n) is 4.17. The maximum atomic E-state index is 11.6. The van der Waals surface area contributed by atoms with Gasteiger partial charge in [-0.3, -0.25) is 0 Å². The Hall–Kier alpha value is -2.97. The molecule has 0 radical (unpaired) electrons. The second kappa shape index (κ2) is 10.1. The van der Waals surface area contributed by atoms with Crippen LogP contribution in [0.5, 0.6) is 17.2 Å². The van der Waals surface area contributed by atoms with Crippen LogP contribution in [-0.4, -0.2) is 66.0 Å². The molecular formula is C24H31N3O5. The van der Waals surface area contributed by atoms with Gasteiger partial charge >= 0.3 is 5.69 Å². The van der Waals surface area contributed by atoms with Gasteiger partial charge in [-0.25, -0.2) is 4.79 Å². The molecule has 1 aliphatic rings. The topological polar surface area (TPSA) is 99.8 Å². The molecule has 172 valence electrons. The van der Waals surface area contributed by atoms with Crippen molar-refractivity contribution in [3.05, 3.63) is 52.4 Å². The smallest absolute Gasteiger partial charge is 0.323 e. The Kier molecular flexibility index (Phi) is 7.02. The van der Waals surface area contributed by atoms with Gasteiger partial charge in [0.2, 0.25) is 0 Å². The predicted molar refractivity (Wildman–Crippen MR) is 123 cm³/mol. The number of para-hydroxylation sites is 2. The van der Waals surface area contributed by atoms with Crippen LogP contribution in [0.25, 0.3) is 11.0 Å². The van der Waals surface area contributed by atoms with Crippen LogP contribution in [0, 0.1) is 12.8 Å². The van der Waals surface area contributed by atoms with Crippen LogP contribution in [0.15, 0.2) is 41.2 Å². The molecule has 0 bridgehead atoms. The standard InChI is InChI=1S/C24H31N3O5/c1-16-7-8-21(23-22(16)25-24(29)26-23)32-15-18(28)13-27-11-9-17(10-12-27)14-31-20-6-4-3-5-19(20)30-2/h3-8,17-18,28H,9-15H2,1-2H3,(H2,25,26,29). The molecule has 8 heteroatoms. The number of rotatable bonds is 9. The van der Waals surface area contributed by atoms with Gasteiger partial charge in [0.15, 0.2) is 11.5 Å². The van der Waals surface area contributed by atoms with E-state index in [0.29, 0.717) is 30.3 Å². The van der Waals surface area contributed by atoms with E-state index in [1.807, 2.05) is 43.3 Å². The van der Waals surface area contributed by atoms with Gasteiger partial charge in [0.1, 0.15) is 24.0 Å². The lowest BCUT2D eigenvalue weighted by molar-refractivity contribution is 0.0505. The van der Waals surface area contributed by atoms with E-state index in [2.05, 4.69) is 14.9 Å². The molecule has 1 fully saturated rings. The molecule has 3 aromatic rings. The summed E-state index contributed by atoms with van der Waals surface area (Å²) in [5.41, 5.74) is 2.07. The van der Waals surface area contributed by atoms with Crippen molar-refractivity contribution in [2.75, 3.05) is 40.0 Å². The Bertz CT molecular complexity index is 1080. The summed E-state index contributed by atoms with van der Waals surface area (Å²) in [5.74, 6) is 2.58. The molecule has 4 rings (SSSR count). The fraction of sp³-hybridized carbons (Fsp3) is 0.458. The minimum atomic E-state index is -0.613. The van der Waals surface area contributed by atoms with Gasteiger partial charge in [-0.05, 0) is 62.5 Å². The summed E-state index contributed by atoms with van der Waals surface area (Å²) in [6.45, 7) is 5.14. The first kappa shape index (κ1) is 22.2. The van der Waals surface area contributed by atoms with Crippen molar-refractivity contribution in [3.8, 4) is 17.2 Å². The number of ether oxygens (including phenoxy) is 3. The van der Waals surface area contributed by atoms with Crippen molar-refractivity contribution in [3.63, 3.8) is 0 Å². The third-order valence-corrected chi connectivity index (χ3v) is 6.00. The third kappa shape index (κ3) is 5.26. The minimum absolute atomic E-state index is 0.169. The number of hydrogen-bond acceptors (Lipinski definition) is 6. The van der Waals surface area contributed by atoms with Gasteiger partial charge in [-0.1, -0.05) is 18.2 Å². The van der Waals surface area contributed by atoms with Crippen molar-refractivity contribution in [1.82, 2.24) is 14.9 Å². The normalized spacial score (nSPS) is 16.2. The Labute approximate surface area is 187 Å². The summed E-state index contributed by atoms with van der Waals surface area (Å²) >= 11 is 0. The highest BCUT2D eigenvalue weighted by atomic mass is 16.5. The lowest BCUT2D eigenvalue weighted by Gasteiger charge is -2.33. The van der Waals surface area contributed by atoms with E-state index in [1.54, 1.807) is 7.11 Å². The number of aromatic amines is 2. The highest BCUT2D eigenvalue weighted by Crippen LogP contribution is 2.28. The summed E-state index contributed by atoms with van der Waals surface area (Å²) in [6.07, 6.45) is 1.43. The second-order valence-electron chi connectivity index (χ2n) is 8.38. The van der Waals surface area contributed by atoms with Crippen molar-refractivity contribution in [1.29, 1.82) is 0 Å². The van der Waals surface area contributed by atoms with E-state index in [-0.39, 0.29) is 12.3 Å². The Morgan fingerprint density at radius 2 is 1.75 bits per heavy atom. The summed E-state index contributed by atoms with van der Waals surface area (Å²) in [4.78, 5) is 19.4. The molecule has 2 heterocycles. The maximum absolute atomic E-state index is 11.6. The highest BCUT2D eigenvalue weighted by molar-refractivity contribution is 5.84. The van der Waals surface area contributed by atoms with Gasteiger partial charge in [-0.2, -0.15) is 0 Å². The quantitative estimate of drug-likeness (QED) is 0.472. The summed E-state index contributed by atoms with van der Waals surface area (Å²) in [6, 6.07) is 11.4. The first-order valence-electron chi connectivity index (χ1n) is 11.0. The monoisotopic (exact) mass is 441 g/mol. The van der Waals surface area contributed by atoms with Gasteiger partial charge < -0.3 is 34.2 Å². The zero-order valence-electron chi connectivity index (χ0n) is 18.6. The molecule has 1 atom stereocenters. The molecule has 1 aromatic heterocycles. The predicted octanol–water partition coefficient (Wildman–Crippen LogP) is 2.70. The lowest BCUT2D eigenvalue weighted by Crippen LogP contribution is -2.41. The van der Waals surface area contributed by atoms with Gasteiger partial charge in [0, 0.05) is 6.54 Å². The summed E-state index contributed by atoms with van der Waals surface area (Å²) < 4.78 is 17.1. The number of nitrogens with zero attached hydrogens (tertiary/aromatic N) is 1. The molecule has 32 heavy (non-hydrogen) atoms. The van der Waals surface area contributed by atoms with Crippen LogP contribution in [0.1, 0.15) is 18.4 Å². The van der Waals surface area contributed by atoms with E-state index in [4.69, 9.17) is 14.2 Å². The van der Waals surface area contributed by atoms with Crippen LogP contribution in [0.3, 0.4) is 0 Å². The minimum Gasteiger partial charge on any atom is -0.493 e. The first-order chi connectivity index (χ1) is 15.5. The number of imidazole rings is 1. The first-order valence-corrected chi connectivity index (χ1v) is 11.0. The Morgan fingerprint density at radius 3 is 2.50 bits per heavy atom. The van der Waals surface area contributed by atoms with E-state index in [1.165, 1.54) is 0 Å². The van der Waals surface area contributed by atoms with E-state index in [0.717, 1.165) is 48.5 Å². The number of β-amino-alcohol motifs (C(OH)–C–C–N with tert-alkyl or cyclic N) is 1. The Balaban J connectivity index is 1.21. The van der Waals surface area contributed by atoms with E-state index in [9.17, 15) is 9.90 Å². The molecule has 3 N–H and O–H groups in total. The fourth-order valence-corrected chi connectivity index (χ4v) is 4.17. The van der Waals surface area contributed by atoms with Crippen LogP contribution >= 0.6 is 0 Å². The average molecular weight is 442 g/mol. The summed E-state index contributed by atoms with van der Waals surface area (Å²) in [7, 11) is 1.65. The average Bonchev–Trinajstić information content (AvgIpc) is 3.21. The number of H-pyrrole nitrogens is 2. The van der Waals surface area contributed by atoms with Crippen molar-refractivity contribution in [2.45, 2.75) is 25.9 Å². The number of aromatic nitrogens is 2. The second-order valence-corrected chi connectivity index (χ2v) is 8.38. The number of benzene rings is 2. The largest absolute Gasteiger partial charge is 0.493 e. The molecule has 8 nitrogen and oxygen atoms in total. The number of likely N-dealkylation sites (tertiary alicyclic amines) is 1.